The molecular weight excluding hydrogens is 1060 g/mol. The first-order valence-corrected chi connectivity index (χ1v) is 30.8. The summed E-state index contributed by atoms with van der Waals surface area (Å²) in [6.07, 6.45) is 0. The number of rotatable bonds is 5. The topological polar surface area (TPSA) is 9.86 Å². The molecule has 2 nitrogen and oxygen atoms in total. The Morgan fingerprint density at radius 2 is 0.432 bits per heavy atom. The van der Waals surface area contributed by atoms with Crippen molar-refractivity contribution in [3.63, 3.8) is 0 Å². The van der Waals surface area contributed by atoms with Gasteiger partial charge in [-0.2, -0.15) is 0 Å². The van der Waals surface area contributed by atoms with Crippen LogP contribution in [-0.4, -0.2) is 9.13 Å². The molecule has 0 bridgehead atoms. The lowest BCUT2D eigenvalue weighted by molar-refractivity contribution is 0.793. The lowest BCUT2D eigenvalue weighted by Gasteiger charge is -2.30. The quantitative estimate of drug-likeness (QED) is 0.163. The summed E-state index contributed by atoms with van der Waals surface area (Å²) in [4.78, 5) is 0. The Morgan fingerprint density at radius 1 is 0.182 bits per heavy atom. The van der Waals surface area contributed by atoms with E-state index in [4.69, 9.17) is 0 Å². The van der Waals surface area contributed by atoms with Crippen LogP contribution in [0.5, 0.6) is 0 Å². The van der Waals surface area contributed by atoms with Gasteiger partial charge in [0.15, 0.2) is 0 Å². The number of benzene rings is 14. The van der Waals surface area contributed by atoms with E-state index in [0.717, 1.165) is 0 Å². The molecule has 0 saturated heterocycles. The lowest BCUT2D eigenvalue weighted by Crippen LogP contribution is -2.25. The largest absolute Gasteiger partial charge is 0.309 e. The molecule has 4 aliphatic carbocycles. The van der Waals surface area contributed by atoms with Crippen molar-refractivity contribution in [2.24, 2.45) is 0 Å². The SMILES string of the molecule is c1ccc(-c2ccc3c(c2)c2cc(-c4ccc5c(c4)c4cc(-c6ccccc6)ccc4n5-c4cccc5c4-c4ccccc4C54c5ccccc5-c5ccccc54)ccc2n3-c2cccc3c2-c2ccccc2C32c3ccccc3-c3ccccc32)cc1. The number of aromatic nitrogens is 2. The average molecular weight is 1110 g/mol. The molecule has 0 amide bonds. The van der Waals surface area contributed by atoms with Crippen LogP contribution in [-0.2, 0) is 10.8 Å². The molecule has 4 aliphatic rings. The van der Waals surface area contributed by atoms with Crippen molar-refractivity contribution >= 4 is 43.6 Å². The zero-order valence-corrected chi connectivity index (χ0v) is 47.9. The third-order valence-corrected chi connectivity index (χ3v) is 20.6. The highest BCUT2D eigenvalue weighted by molar-refractivity contribution is 6.15. The minimum absolute atomic E-state index is 0.452. The van der Waals surface area contributed by atoms with E-state index < -0.39 is 10.8 Å². The molecule has 0 aliphatic heterocycles. The van der Waals surface area contributed by atoms with Crippen LogP contribution in [0.3, 0.4) is 0 Å². The van der Waals surface area contributed by atoms with Crippen molar-refractivity contribution < 1.29 is 0 Å². The minimum atomic E-state index is -0.452. The molecule has 0 radical (unpaired) electrons. The lowest BCUT2D eigenvalue weighted by atomic mass is 9.70. The van der Waals surface area contributed by atoms with Gasteiger partial charge in [-0.15, -0.1) is 0 Å². The van der Waals surface area contributed by atoms with E-state index in [1.165, 1.54) is 177 Å². The number of hydrogen-bond acceptors (Lipinski definition) is 0. The molecule has 0 saturated carbocycles. The average Bonchev–Trinajstić information content (AvgIpc) is 1.52. The van der Waals surface area contributed by atoms with Crippen LogP contribution in [0.4, 0.5) is 0 Å². The standard InChI is InChI=1S/C86H52N2/c1-3-21-53(22-4-1)55-41-45-77-65(49-55)67-51-57(43-47-79(67)87(77)81-39-19-37-75-83(81)63-29-11-17-35-73(63)85(75)69-31-13-7-25-59(69)60-26-8-14-32-70(60)85)58-44-48-80-68(52-58)66-50-56(54-23-5-2-6-24-54)42-46-78(66)88(80)82-40-20-38-76-84(82)64-30-12-18-36-74(64)86(76)71-33-15-9-27-61(71)62-28-10-16-34-72(62)86/h1-52H. The van der Waals surface area contributed by atoms with E-state index in [2.05, 4.69) is 325 Å². The first-order valence-electron chi connectivity index (χ1n) is 30.8. The van der Waals surface area contributed by atoms with Gasteiger partial charge in [0, 0.05) is 32.7 Å². The Hall–Kier alpha value is -11.3. The first-order chi connectivity index (χ1) is 43.7. The van der Waals surface area contributed by atoms with E-state index in [1.807, 2.05) is 0 Å². The highest BCUT2D eigenvalue weighted by Gasteiger charge is 2.54. The van der Waals surface area contributed by atoms with Crippen molar-refractivity contribution in [2.45, 2.75) is 10.8 Å². The van der Waals surface area contributed by atoms with Crippen LogP contribution >= 0.6 is 0 Å². The smallest absolute Gasteiger partial charge is 0.0726 e. The zero-order valence-electron chi connectivity index (χ0n) is 47.9. The van der Waals surface area contributed by atoms with Crippen LogP contribution in [0.15, 0.2) is 315 Å². The number of fused-ring (bicyclic) bond motifs is 26. The first kappa shape index (κ1) is 48.0. The van der Waals surface area contributed by atoms with E-state index in [-0.39, 0.29) is 0 Å². The van der Waals surface area contributed by atoms with E-state index >= 15 is 0 Å². The summed E-state index contributed by atoms with van der Waals surface area (Å²) >= 11 is 0. The van der Waals surface area contributed by atoms with Gasteiger partial charge in [0.25, 0.3) is 0 Å². The summed E-state index contributed by atoms with van der Waals surface area (Å²) in [6.45, 7) is 0. The van der Waals surface area contributed by atoms with E-state index in [9.17, 15) is 0 Å². The van der Waals surface area contributed by atoms with Crippen molar-refractivity contribution in [1.29, 1.82) is 0 Å². The Balaban J connectivity index is 0.816. The van der Waals surface area contributed by atoms with Crippen molar-refractivity contribution in [1.82, 2.24) is 9.13 Å². The minimum Gasteiger partial charge on any atom is -0.309 e. The highest BCUT2D eigenvalue weighted by atomic mass is 15.0. The Kier molecular flexibility index (Phi) is 9.62. The van der Waals surface area contributed by atoms with Crippen LogP contribution < -0.4 is 0 Å². The van der Waals surface area contributed by atoms with Crippen LogP contribution in [0, 0.1) is 0 Å². The molecule has 2 aromatic heterocycles. The zero-order chi connectivity index (χ0) is 57.4. The van der Waals surface area contributed by atoms with Gasteiger partial charge in [0.1, 0.15) is 0 Å². The maximum absolute atomic E-state index is 2.57. The number of hydrogen-bond donors (Lipinski definition) is 0. The van der Waals surface area contributed by atoms with E-state index in [0.29, 0.717) is 0 Å². The van der Waals surface area contributed by atoms with Gasteiger partial charge in [-0.1, -0.05) is 255 Å². The summed E-state index contributed by atoms with van der Waals surface area (Å²) < 4.78 is 5.13. The number of nitrogens with zero attached hydrogens (tertiary/aromatic N) is 2. The summed E-state index contributed by atoms with van der Waals surface area (Å²) in [7, 11) is 0. The fraction of sp³-hybridized carbons (Fsp3) is 0.0233. The summed E-state index contributed by atoms with van der Waals surface area (Å²) in [5.41, 5.74) is 34.5. The third kappa shape index (κ3) is 6.06. The van der Waals surface area contributed by atoms with Crippen molar-refractivity contribution in [2.75, 3.05) is 0 Å². The summed E-state index contributed by atoms with van der Waals surface area (Å²) in [5, 5.41) is 4.89. The fourth-order valence-electron chi connectivity index (χ4n) is 17.2. The molecule has 0 N–H and O–H groups in total. The molecule has 16 aromatic rings. The Labute approximate surface area is 509 Å². The molecule has 0 fully saturated rings. The predicted octanol–water partition coefficient (Wildman–Crippen LogP) is 21.6. The Bertz CT molecular complexity index is 5250. The van der Waals surface area contributed by atoms with Gasteiger partial charge in [0.05, 0.1) is 44.3 Å². The molecule has 20 rings (SSSR count). The molecule has 14 aromatic carbocycles. The van der Waals surface area contributed by atoms with Crippen molar-refractivity contribution in [3.8, 4) is 89.3 Å². The second kappa shape index (κ2) is 17.6. The second-order valence-electron chi connectivity index (χ2n) is 24.5. The highest BCUT2D eigenvalue weighted by Crippen LogP contribution is 2.66. The van der Waals surface area contributed by atoms with Crippen LogP contribution in [0.1, 0.15) is 44.5 Å². The molecule has 2 heterocycles. The summed E-state index contributed by atoms with van der Waals surface area (Å²) in [6, 6.07) is 119. The molecule has 2 heteroatoms. The molecule has 406 valence electrons. The van der Waals surface area contributed by atoms with Gasteiger partial charge in [-0.25, -0.2) is 0 Å². The molecule has 0 atom stereocenters. The second-order valence-corrected chi connectivity index (χ2v) is 24.5. The molecule has 0 unspecified atom stereocenters. The molecular formula is C86H52N2. The monoisotopic (exact) mass is 1110 g/mol. The normalized spacial score (nSPS) is 13.9. The predicted molar refractivity (Wildman–Crippen MR) is 364 cm³/mol. The van der Waals surface area contributed by atoms with Gasteiger partial charge in [-0.3, -0.25) is 0 Å². The van der Waals surface area contributed by atoms with Gasteiger partial charge in [-0.05, 0) is 172 Å². The van der Waals surface area contributed by atoms with Gasteiger partial charge < -0.3 is 9.13 Å². The third-order valence-electron chi connectivity index (χ3n) is 20.6. The molecule has 88 heavy (non-hydrogen) atoms. The van der Waals surface area contributed by atoms with Crippen molar-refractivity contribution in [3.05, 3.63) is 360 Å². The van der Waals surface area contributed by atoms with Gasteiger partial charge in [0.2, 0.25) is 0 Å². The van der Waals surface area contributed by atoms with Crippen LogP contribution in [0.2, 0.25) is 0 Å². The van der Waals surface area contributed by atoms with Crippen LogP contribution in [0.25, 0.3) is 133 Å². The maximum atomic E-state index is 2.57. The maximum Gasteiger partial charge on any atom is 0.0726 e. The molecule has 2 spiro atoms. The van der Waals surface area contributed by atoms with E-state index in [1.54, 1.807) is 0 Å². The summed E-state index contributed by atoms with van der Waals surface area (Å²) in [5.74, 6) is 0. The fourth-order valence-corrected chi connectivity index (χ4v) is 17.2. The van der Waals surface area contributed by atoms with Gasteiger partial charge >= 0.3 is 0 Å². The Morgan fingerprint density at radius 3 is 0.750 bits per heavy atom.